The number of nitrogens with one attached hydrogen (secondary N) is 1. The highest BCUT2D eigenvalue weighted by molar-refractivity contribution is 6.30. The van der Waals surface area contributed by atoms with Gasteiger partial charge in [-0.05, 0) is 13.0 Å². The molecule has 2 rings (SSSR count). The minimum absolute atomic E-state index is 0.382. The molecule has 0 spiro atoms. The number of rotatable bonds is 3. The quantitative estimate of drug-likeness (QED) is 0.809. The third-order valence-corrected chi connectivity index (χ3v) is 2.13. The molecule has 78 valence electrons. The first kappa shape index (κ1) is 9.92. The van der Waals surface area contributed by atoms with Crippen molar-refractivity contribution >= 4 is 17.6 Å². The van der Waals surface area contributed by atoms with Crippen LogP contribution < -0.4 is 5.32 Å². The largest absolute Gasteiger partial charge is 0.334 e. The second-order valence-corrected chi connectivity index (χ2v) is 3.31. The summed E-state index contributed by atoms with van der Waals surface area (Å²) >= 11 is 5.88. The summed E-state index contributed by atoms with van der Waals surface area (Å²) in [5, 5.41) is 7.09. The molecule has 0 aliphatic carbocycles. The lowest BCUT2D eigenvalue weighted by Crippen LogP contribution is -2.00. The zero-order chi connectivity index (χ0) is 10.7. The number of aryl methyl sites for hydroxylation is 1. The van der Waals surface area contributed by atoms with Gasteiger partial charge in [-0.25, -0.2) is 4.98 Å². The minimum atomic E-state index is 0.382. The summed E-state index contributed by atoms with van der Waals surface area (Å²) in [5.41, 5.74) is 0.884. The number of pyridine rings is 1. The molecule has 0 atom stereocenters. The van der Waals surface area contributed by atoms with Crippen molar-refractivity contribution in [2.75, 3.05) is 5.32 Å². The van der Waals surface area contributed by atoms with Crippen LogP contribution in [-0.4, -0.2) is 15.1 Å². The predicted molar refractivity (Wildman–Crippen MR) is 55.6 cm³/mol. The molecule has 0 unspecified atom stereocenters. The highest BCUT2D eigenvalue weighted by Crippen LogP contribution is 2.13. The molecular weight excluding hydrogens is 216 g/mol. The molecule has 15 heavy (non-hydrogen) atoms. The van der Waals surface area contributed by atoms with Gasteiger partial charge >= 0.3 is 6.01 Å². The van der Waals surface area contributed by atoms with Crippen LogP contribution >= 0.6 is 11.6 Å². The minimum Gasteiger partial charge on any atom is -0.334 e. The van der Waals surface area contributed by atoms with Gasteiger partial charge in [-0.3, -0.25) is 0 Å². The lowest BCUT2D eigenvalue weighted by atomic mass is 10.3. The summed E-state index contributed by atoms with van der Waals surface area (Å²) in [6.45, 7) is 2.26. The molecule has 0 radical (unpaired) electrons. The Morgan fingerprint density at radius 1 is 1.53 bits per heavy atom. The Balaban J connectivity index is 2.02. The van der Waals surface area contributed by atoms with E-state index in [-0.39, 0.29) is 0 Å². The maximum Gasteiger partial charge on any atom is 0.321 e. The number of hydrogen-bond acceptors (Lipinski definition) is 5. The molecular formula is C9H9ClN4O. The van der Waals surface area contributed by atoms with Gasteiger partial charge in [-0.2, -0.15) is 4.98 Å². The van der Waals surface area contributed by atoms with Gasteiger partial charge in [0.2, 0.25) is 0 Å². The average Bonchev–Trinajstić information content (AvgIpc) is 2.63. The molecule has 0 aliphatic rings. The van der Waals surface area contributed by atoms with E-state index in [2.05, 4.69) is 20.4 Å². The highest BCUT2D eigenvalue weighted by Gasteiger charge is 2.03. The number of aromatic nitrogens is 3. The fourth-order valence-electron chi connectivity index (χ4n) is 1.09. The second kappa shape index (κ2) is 4.27. The summed E-state index contributed by atoms with van der Waals surface area (Å²) in [5.74, 6) is 0.592. The van der Waals surface area contributed by atoms with Crippen LogP contribution in [0.4, 0.5) is 6.01 Å². The monoisotopic (exact) mass is 224 g/mol. The molecule has 0 aromatic carbocycles. The third-order valence-electron chi connectivity index (χ3n) is 1.79. The molecule has 0 fully saturated rings. The maximum absolute atomic E-state index is 5.88. The van der Waals surface area contributed by atoms with Crippen molar-refractivity contribution in [1.82, 2.24) is 15.1 Å². The fraction of sp³-hybridized carbons (Fsp3) is 0.222. The number of nitrogens with zero attached hydrogens (tertiary/aromatic N) is 3. The van der Waals surface area contributed by atoms with Gasteiger partial charge < -0.3 is 9.84 Å². The molecule has 6 heteroatoms. The van der Waals surface area contributed by atoms with Gasteiger partial charge in [0, 0.05) is 18.3 Å². The first-order chi connectivity index (χ1) is 7.25. The van der Waals surface area contributed by atoms with Gasteiger partial charge in [0.25, 0.3) is 0 Å². The fourth-order valence-corrected chi connectivity index (χ4v) is 1.28. The standard InChI is InChI=1S/C9H9ClN4O/c1-6-13-9(15-14-6)12-5-7-3-2-4-11-8(7)10/h2-4H,5H2,1H3,(H,12,13,14). The number of halogens is 1. The van der Waals surface area contributed by atoms with Crippen molar-refractivity contribution < 1.29 is 4.52 Å². The topological polar surface area (TPSA) is 63.8 Å². The highest BCUT2D eigenvalue weighted by atomic mass is 35.5. The second-order valence-electron chi connectivity index (χ2n) is 2.95. The molecule has 2 aromatic heterocycles. The molecule has 0 amide bonds. The average molecular weight is 225 g/mol. The Morgan fingerprint density at radius 2 is 2.40 bits per heavy atom. The van der Waals surface area contributed by atoms with Crippen molar-refractivity contribution in [3.8, 4) is 0 Å². The molecule has 0 saturated heterocycles. The molecule has 0 aliphatic heterocycles. The van der Waals surface area contributed by atoms with Crippen molar-refractivity contribution in [1.29, 1.82) is 0 Å². The van der Waals surface area contributed by atoms with Gasteiger partial charge in [-0.1, -0.05) is 22.8 Å². The number of anilines is 1. The lowest BCUT2D eigenvalue weighted by Gasteiger charge is -2.02. The van der Waals surface area contributed by atoms with Gasteiger partial charge in [0.1, 0.15) is 5.15 Å². The maximum atomic E-state index is 5.88. The Labute approximate surface area is 91.5 Å². The molecule has 2 heterocycles. The van der Waals surface area contributed by atoms with Gasteiger partial charge in [0.15, 0.2) is 5.82 Å². The summed E-state index contributed by atoms with van der Waals surface area (Å²) < 4.78 is 4.89. The first-order valence-electron chi connectivity index (χ1n) is 4.39. The van der Waals surface area contributed by atoms with E-state index in [1.54, 1.807) is 13.1 Å². The predicted octanol–water partition coefficient (Wildman–Crippen LogP) is 2.04. The first-order valence-corrected chi connectivity index (χ1v) is 4.77. The Kier molecular flexibility index (Phi) is 2.82. The van der Waals surface area contributed by atoms with Crippen molar-refractivity contribution in [2.45, 2.75) is 13.5 Å². The molecule has 0 saturated carbocycles. The van der Waals surface area contributed by atoms with E-state index in [0.717, 1.165) is 5.56 Å². The van der Waals surface area contributed by atoms with Crippen LogP contribution in [0, 0.1) is 6.92 Å². The van der Waals surface area contributed by atoms with Crippen LogP contribution in [0.5, 0.6) is 0 Å². The normalized spacial score (nSPS) is 10.3. The third kappa shape index (κ3) is 2.44. The van der Waals surface area contributed by atoms with E-state index in [4.69, 9.17) is 16.1 Å². The van der Waals surface area contributed by atoms with Crippen LogP contribution in [0.2, 0.25) is 5.15 Å². The van der Waals surface area contributed by atoms with E-state index in [0.29, 0.717) is 23.5 Å². The summed E-state index contributed by atoms with van der Waals surface area (Å²) in [6, 6.07) is 4.08. The SMILES string of the molecule is Cc1noc(NCc2cccnc2Cl)n1. The Bertz CT molecular complexity index is 457. The lowest BCUT2D eigenvalue weighted by molar-refractivity contribution is 0.425. The van der Waals surface area contributed by atoms with Crippen LogP contribution in [0.1, 0.15) is 11.4 Å². The zero-order valence-corrected chi connectivity index (χ0v) is 8.82. The van der Waals surface area contributed by atoms with Crippen LogP contribution in [0.3, 0.4) is 0 Å². The molecule has 5 nitrogen and oxygen atoms in total. The Morgan fingerprint density at radius 3 is 3.07 bits per heavy atom. The van der Waals surface area contributed by atoms with Crippen LogP contribution in [0.15, 0.2) is 22.9 Å². The van der Waals surface area contributed by atoms with Crippen molar-refractivity contribution in [2.24, 2.45) is 0 Å². The molecule has 1 N–H and O–H groups in total. The Hall–Kier alpha value is -1.62. The van der Waals surface area contributed by atoms with E-state index in [1.807, 2.05) is 12.1 Å². The summed E-state index contributed by atoms with van der Waals surface area (Å²) in [6.07, 6.45) is 1.64. The summed E-state index contributed by atoms with van der Waals surface area (Å²) in [4.78, 5) is 7.96. The van der Waals surface area contributed by atoms with Crippen LogP contribution in [0.25, 0.3) is 0 Å². The zero-order valence-electron chi connectivity index (χ0n) is 8.07. The molecule has 2 aromatic rings. The number of hydrogen-bond donors (Lipinski definition) is 1. The van der Waals surface area contributed by atoms with Gasteiger partial charge in [0.05, 0.1) is 0 Å². The summed E-state index contributed by atoms with van der Waals surface area (Å²) in [7, 11) is 0. The van der Waals surface area contributed by atoms with E-state index >= 15 is 0 Å². The van der Waals surface area contributed by atoms with E-state index in [9.17, 15) is 0 Å². The smallest absolute Gasteiger partial charge is 0.321 e. The molecule has 0 bridgehead atoms. The van der Waals surface area contributed by atoms with Gasteiger partial charge in [-0.15, -0.1) is 0 Å². The van der Waals surface area contributed by atoms with E-state index < -0.39 is 0 Å². The van der Waals surface area contributed by atoms with E-state index in [1.165, 1.54) is 0 Å². The van der Waals surface area contributed by atoms with Crippen LogP contribution in [-0.2, 0) is 6.54 Å². The van der Waals surface area contributed by atoms with Crippen molar-refractivity contribution in [3.05, 3.63) is 34.9 Å². The van der Waals surface area contributed by atoms with Crippen molar-refractivity contribution in [3.63, 3.8) is 0 Å².